The molecule has 1 N–H and O–H groups in total. The summed E-state index contributed by atoms with van der Waals surface area (Å²) in [5.74, 6) is 1.89. The molecular weight excluding hydrogens is 258 g/mol. The molecule has 1 aliphatic heterocycles. The molecule has 2 saturated carbocycles. The van der Waals surface area contributed by atoms with Crippen molar-refractivity contribution < 1.29 is 4.74 Å². The minimum atomic E-state index is 0.307. The molecule has 0 aromatic heterocycles. The van der Waals surface area contributed by atoms with E-state index in [1.165, 1.54) is 77.0 Å². The maximum absolute atomic E-state index is 6.13. The summed E-state index contributed by atoms with van der Waals surface area (Å²) in [4.78, 5) is 0. The van der Waals surface area contributed by atoms with Gasteiger partial charge < -0.3 is 10.1 Å². The van der Waals surface area contributed by atoms with Gasteiger partial charge in [-0.15, -0.1) is 0 Å². The first-order chi connectivity index (χ1) is 10.3. The zero-order valence-electron chi connectivity index (χ0n) is 14.0. The predicted molar refractivity (Wildman–Crippen MR) is 88.5 cm³/mol. The van der Waals surface area contributed by atoms with Gasteiger partial charge in [-0.2, -0.15) is 0 Å². The molecular formula is C19H35NO. The van der Waals surface area contributed by atoms with Gasteiger partial charge in [0.2, 0.25) is 0 Å². The summed E-state index contributed by atoms with van der Waals surface area (Å²) in [6.45, 7) is 4.40. The molecule has 2 nitrogen and oxygen atoms in total. The molecule has 3 rings (SSSR count). The summed E-state index contributed by atoms with van der Waals surface area (Å²) >= 11 is 0. The summed E-state index contributed by atoms with van der Waals surface area (Å²) in [6, 6.07) is 0.748. The molecule has 0 aromatic rings. The van der Waals surface area contributed by atoms with Crippen molar-refractivity contribution in [3.05, 3.63) is 0 Å². The van der Waals surface area contributed by atoms with Crippen LogP contribution in [0.1, 0.15) is 84.0 Å². The summed E-state index contributed by atoms with van der Waals surface area (Å²) in [7, 11) is 0. The number of rotatable bonds is 6. The molecule has 2 heteroatoms. The second kappa shape index (κ2) is 7.46. The van der Waals surface area contributed by atoms with Gasteiger partial charge in [0, 0.05) is 12.6 Å². The number of nitrogens with one attached hydrogen (secondary N) is 1. The van der Waals surface area contributed by atoms with Crippen molar-refractivity contribution in [2.75, 3.05) is 13.2 Å². The maximum Gasteiger partial charge on any atom is 0.0685 e. The standard InChI is InChI=1S/C19H35NO/c1-2-20-18(10-9-16-7-4-3-5-8-16)17-11-14-21-19(15-17)12-6-13-19/h16-18,20H,2-15H2,1H3. The Labute approximate surface area is 131 Å². The van der Waals surface area contributed by atoms with E-state index in [0.29, 0.717) is 5.60 Å². The first-order valence-electron chi connectivity index (χ1n) is 9.69. The molecule has 1 saturated heterocycles. The number of hydrogen-bond donors (Lipinski definition) is 1. The van der Waals surface area contributed by atoms with Gasteiger partial charge in [0.15, 0.2) is 0 Å². The minimum Gasteiger partial charge on any atom is -0.375 e. The van der Waals surface area contributed by atoms with Crippen LogP contribution in [0.2, 0.25) is 0 Å². The van der Waals surface area contributed by atoms with Crippen molar-refractivity contribution in [3.63, 3.8) is 0 Å². The zero-order chi connectivity index (χ0) is 14.5. The summed E-state index contributed by atoms with van der Waals surface area (Å²) in [5, 5.41) is 3.82. The van der Waals surface area contributed by atoms with E-state index < -0.39 is 0 Å². The van der Waals surface area contributed by atoms with Gasteiger partial charge in [-0.1, -0.05) is 39.0 Å². The van der Waals surface area contributed by atoms with Gasteiger partial charge >= 0.3 is 0 Å². The van der Waals surface area contributed by atoms with Crippen molar-refractivity contribution in [1.29, 1.82) is 0 Å². The van der Waals surface area contributed by atoms with Crippen molar-refractivity contribution in [2.45, 2.75) is 95.6 Å². The Bertz CT molecular complexity index is 307. The first kappa shape index (κ1) is 15.8. The van der Waals surface area contributed by atoms with Crippen LogP contribution in [0.5, 0.6) is 0 Å². The van der Waals surface area contributed by atoms with E-state index in [0.717, 1.165) is 31.0 Å². The van der Waals surface area contributed by atoms with Crippen LogP contribution < -0.4 is 5.32 Å². The third kappa shape index (κ3) is 4.01. The molecule has 1 heterocycles. The maximum atomic E-state index is 6.13. The number of ether oxygens (including phenoxy) is 1. The van der Waals surface area contributed by atoms with Crippen LogP contribution >= 0.6 is 0 Å². The van der Waals surface area contributed by atoms with Crippen LogP contribution in [-0.4, -0.2) is 24.8 Å². The quantitative estimate of drug-likeness (QED) is 0.768. The molecule has 0 radical (unpaired) electrons. The van der Waals surface area contributed by atoms with Crippen LogP contribution in [0.4, 0.5) is 0 Å². The second-order valence-corrected chi connectivity index (χ2v) is 7.88. The van der Waals surface area contributed by atoms with E-state index in [1.807, 2.05) is 0 Å². The molecule has 0 amide bonds. The smallest absolute Gasteiger partial charge is 0.0685 e. The average molecular weight is 293 g/mol. The van der Waals surface area contributed by atoms with Crippen LogP contribution in [0.15, 0.2) is 0 Å². The highest BCUT2D eigenvalue weighted by molar-refractivity contribution is 4.96. The lowest BCUT2D eigenvalue weighted by Gasteiger charge is -2.49. The summed E-state index contributed by atoms with van der Waals surface area (Å²) in [6.07, 6.45) is 17.0. The van der Waals surface area contributed by atoms with Gasteiger partial charge in [-0.05, 0) is 63.3 Å². The molecule has 0 bridgehead atoms. The lowest BCUT2D eigenvalue weighted by molar-refractivity contribution is -0.147. The second-order valence-electron chi connectivity index (χ2n) is 7.88. The van der Waals surface area contributed by atoms with Crippen LogP contribution in [0, 0.1) is 11.8 Å². The molecule has 3 fully saturated rings. The van der Waals surface area contributed by atoms with Gasteiger partial charge in [0.1, 0.15) is 0 Å². The fourth-order valence-corrected chi connectivity index (χ4v) is 4.99. The molecule has 21 heavy (non-hydrogen) atoms. The molecule has 2 unspecified atom stereocenters. The highest BCUT2D eigenvalue weighted by Gasteiger charge is 2.44. The molecule has 2 aliphatic carbocycles. The molecule has 122 valence electrons. The van der Waals surface area contributed by atoms with Crippen molar-refractivity contribution >= 4 is 0 Å². The predicted octanol–water partition coefficient (Wildman–Crippen LogP) is 4.67. The fourth-order valence-electron chi connectivity index (χ4n) is 4.99. The third-order valence-corrected chi connectivity index (χ3v) is 6.44. The zero-order valence-corrected chi connectivity index (χ0v) is 14.0. The largest absolute Gasteiger partial charge is 0.375 e. The van der Waals surface area contributed by atoms with E-state index in [-0.39, 0.29) is 0 Å². The lowest BCUT2D eigenvalue weighted by Crippen LogP contribution is -2.50. The van der Waals surface area contributed by atoms with Crippen molar-refractivity contribution in [2.24, 2.45) is 11.8 Å². The highest BCUT2D eigenvalue weighted by atomic mass is 16.5. The van der Waals surface area contributed by atoms with Gasteiger partial charge in [0.25, 0.3) is 0 Å². The van der Waals surface area contributed by atoms with E-state index in [9.17, 15) is 0 Å². The Kier molecular flexibility index (Phi) is 5.61. The van der Waals surface area contributed by atoms with Gasteiger partial charge in [0.05, 0.1) is 5.60 Å². The lowest BCUT2D eigenvalue weighted by atomic mass is 9.69. The topological polar surface area (TPSA) is 21.3 Å². The van der Waals surface area contributed by atoms with E-state index in [2.05, 4.69) is 12.2 Å². The molecule has 0 aromatic carbocycles. The van der Waals surface area contributed by atoms with E-state index in [4.69, 9.17) is 4.74 Å². The normalized spacial score (nSPS) is 31.0. The fraction of sp³-hybridized carbons (Fsp3) is 1.00. The van der Waals surface area contributed by atoms with Crippen molar-refractivity contribution in [1.82, 2.24) is 5.32 Å². The number of hydrogen-bond acceptors (Lipinski definition) is 2. The van der Waals surface area contributed by atoms with E-state index >= 15 is 0 Å². The average Bonchev–Trinajstić information content (AvgIpc) is 2.51. The molecule has 2 atom stereocenters. The first-order valence-corrected chi connectivity index (χ1v) is 9.69. The van der Waals surface area contributed by atoms with Gasteiger partial charge in [-0.25, -0.2) is 0 Å². The Morgan fingerprint density at radius 3 is 2.57 bits per heavy atom. The van der Waals surface area contributed by atoms with Crippen molar-refractivity contribution in [3.8, 4) is 0 Å². The minimum absolute atomic E-state index is 0.307. The van der Waals surface area contributed by atoms with Crippen LogP contribution in [-0.2, 0) is 4.74 Å². The Morgan fingerprint density at radius 2 is 1.90 bits per heavy atom. The summed E-state index contributed by atoms with van der Waals surface area (Å²) in [5.41, 5.74) is 0.307. The highest BCUT2D eigenvalue weighted by Crippen LogP contribution is 2.45. The monoisotopic (exact) mass is 293 g/mol. The van der Waals surface area contributed by atoms with Gasteiger partial charge in [-0.3, -0.25) is 0 Å². The Morgan fingerprint density at radius 1 is 1.10 bits per heavy atom. The molecule has 1 spiro atoms. The van der Waals surface area contributed by atoms with E-state index in [1.54, 1.807) is 0 Å². The third-order valence-electron chi connectivity index (χ3n) is 6.44. The molecule has 3 aliphatic rings. The Balaban J connectivity index is 1.50. The summed E-state index contributed by atoms with van der Waals surface area (Å²) < 4.78 is 6.13. The SMILES string of the molecule is CCNC(CCC1CCCCC1)C1CCOC2(CCC2)C1. The van der Waals surface area contributed by atoms with Crippen LogP contribution in [0.3, 0.4) is 0 Å². The van der Waals surface area contributed by atoms with Crippen LogP contribution in [0.25, 0.3) is 0 Å². The Hall–Kier alpha value is -0.0800.